The Morgan fingerprint density at radius 2 is 2.00 bits per heavy atom. The zero-order chi connectivity index (χ0) is 13.2. The predicted octanol–water partition coefficient (Wildman–Crippen LogP) is 3.67. The maximum Gasteiger partial charge on any atom is 0.311 e. The summed E-state index contributed by atoms with van der Waals surface area (Å²) in [5, 5.41) is 10.2. The minimum Gasteiger partial charge on any atom is -0.481 e. The molecule has 3 heteroatoms. The smallest absolute Gasteiger partial charge is 0.311 e. The molecule has 0 heterocycles. The largest absolute Gasteiger partial charge is 0.481 e. The normalized spacial score (nSPS) is 26.2. The average Bonchev–Trinajstić information content (AvgIpc) is 2.39. The molecule has 18 heavy (non-hydrogen) atoms. The summed E-state index contributed by atoms with van der Waals surface area (Å²) >= 11 is 3.41. The van der Waals surface area contributed by atoms with Crippen molar-refractivity contribution in [1.29, 1.82) is 0 Å². The molecule has 0 aliphatic heterocycles. The lowest BCUT2D eigenvalue weighted by atomic mass is 9.69. The Morgan fingerprint density at radius 1 is 1.33 bits per heavy atom. The molecule has 2 unspecified atom stereocenters. The van der Waals surface area contributed by atoms with Gasteiger partial charge in [0.25, 0.3) is 0 Å². The first kappa shape index (κ1) is 13.1. The summed E-state index contributed by atoms with van der Waals surface area (Å²) in [6.07, 6.45) is 7.43. The van der Waals surface area contributed by atoms with E-state index in [1.807, 2.05) is 43.3 Å². The number of allylic oxidation sites excluding steroid dienone is 3. The first-order valence-corrected chi connectivity index (χ1v) is 6.94. The summed E-state index contributed by atoms with van der Waals surface area (Å²) in [6, 6.07) is 8.08. The van der Waals surface area contributed by atoms with Crippen LogP contribution in [0.15, 0.2) is 48.6 Å². The number of halogens is 1. The van der Waals surface area contributed by atoms with Crippen molar-refractivity contribution in [3.05, 3.63) is 59.7 Å². The van der Waals surface area contributed by atoms with Gasteiger partial charge < -0.3 is 5.11 Å². The van der Waals surface area contributed by atoms with Crippen LogP contribution in [0.25, 0.3) is 0 Å². The van der Waals surface area contributed by atoms with Gasteiger partial charge in [0.15, 0.2) is 0 Å². The number of alkyl halides is 1. The molecular formula is C15H15BrO2. The minimum atomic E-state index is -0.789. The number of carbonyl (C=O) groups is 1. The number of carboxylic acids is 1. The Balaban J connectivity index is 2.41. The molecule has 0 saturated carbocycles. The minimum absolute atomic E-state index is 0.481. The van der Waals surface area contributed by atoms with Crippen LogP contribution in [0.3, 0.4) is 0 Å². The van der Waals surface area contributed by atoms with Crippen molar-refractivity contribution >= 4 is 21.9 Å². The first-order chi connectivity index (χ1) is 8.58. The van der Waals surface area contributed by atoms with E-state index in [2.05, 4.69) is 15.9 Å². The molecule has 1 aliphatic carbocycles. The molecule has 0 aromatic heterocycles. The molecule has 1 aliphatic rings. The second kappa shape index (κ2) is 5.11. The Bertz CT molecular complexity index is 502. The highest BCUT2D eigenvalue weighted by molar-refractivity contribution is 9.08. The van der Waals surface area contributed by atoms with Crippen LogP contribution in [0.5, 0.6) is 0 Å². The van der Waals surface area contributed by atoms with E-state index in [1.54, 1.807) is 12.2 Å². The number of rotatable bonds is 3. The van der Waals surface area contributed by atoms with Crippen molar-refractivity contribution in [2.24, 2.45) is 5.92 Å². The molecule has 0 fully saturated rings. The third-order valence-electron chi connectivity index (χ3n) is 3.50. The van der Waals surface area contributed by atoms with Crippen LogP contribution in [-0.2, 0) is 15.5 Å². The Kier molecular flexibility index (Phi) is 3.71. The average molecular weight is 307 g/mol. The first-order valence-electron chi connectivity index (χ1n) is 5.82. The summed E-state index contributed by atoms with van der Waals surface area (Å²) in [5.41, 5.74) is 1.73. The molecule has 94 valence electrons. The highest BCUT2D eigenvalue weighted by Crippen LogP contribution is 2.37. The number of hydrogen-bond donors (Lipinski definition) is 1. The summed E-state index contributed by atoms with van der Waals surface area (Å²) < 4.78 is 0. The van der Waals surface area contributed by atoms with Crippen LogP contribution in [-0.4, -0.2) is 11.1 Å². The van der Waals surface area contributed by atoms with Gasteiger partial charge in [-0.1, -0.05) is 71.4 Å². The Labute approximate surface area is 115 Å². The quantitative estimate of drug-likeness (QED) is 0.865. The molecule has 2 rings (SSSR count). The van der Waals surface area contributed by atoms with Crippen molar-refractivity contribution in [2.75, 3.05) is 0 Å². The Morgan fingerprint density at radius 3 is 2.56 bits per heavy atom. The molecule has 2 nitrogen and oxygen atoms in total. The van der Waals surface area contributed by atoms with Gasteiger partial charge in [0.1, 0.15) is 0 Å². The van der Waals surface area contributed by atoms with Gasteiger partial charge in [-0.15, -0.1) is 0 Å². The molecule has 0 amide bonds. The SMILES string of the molecule is CC1(c2ccc(CBr)cc2)C=CC=CC1C(=O)O. The predicted molar refractivity (Wildman–Crippen MR) is 75.8 cm³/mol. The van der Waals surface area contributed by atoms with Crippen molar-refractivity contribution in [2.45, 2.75) is 17.7 Å². The van der Waals surface area contributed by atoms with Gasteiger partial charge in [-0.3, -0.25) is 4.79 Å². The van der Waals surface area contributed by atoms with Gasteiger partial charge in [0.05, 0.1) is 5.92 Å². The van der Waals surface area contributed by atoms with Crippen LogP contribution < -0.4 is 0 Å². The monoisotopic (exact) mass is 306 g/mol. The van der Waals surface area contributed by atoms with Crippen LogP contribution in [0.2, 0.25) is 0 Å². The lowest BCUT2D eigenvalue weighted by molar-refractivity contribution is -0.141. The third kappa shape index (κ3) is 2.27. The summed E-state index contributed by atoms with van der Waals surface area (Å²) in [4.78, 5) is 11.4. The second-order valence-corrected chi connectivity index (χ2v) is 5.23. The second-order valence-electron chi connectivity index (χ2n) is 4.67. The molecule has 0 saturated heterocycles. The van der Waals surface area contributed by atoms with Crippen molar-refractivity contribution in [3.63, 3.8) is 0 Å². The number of aliphatic carboxylic acids is 1. The maximum atomic E-state index is 11.4. The van der Waals surface area contributed by atoms with Gasteiger partial charge in [0, 0.05) is 10.7 Å². The van der Waals surface area contributed by atoms with E-state index >= 15 is 0 Å². The van der Waals surface area contributed by atoms with Gasteiger partial charge in [-0.25, -0.2) is 0 Å². The van der Waals surface area contributed by atoms with Gasteiger partial charge >= 0.3 is 5.97 Å². The van der Waals surface area contributed by atoms with Crippen molar-refractivity contribution in [3.8, 4) is 0 Å². The lowest BCUT2D eigenvalue weighted by Gasteiger charge is -2.33. The highest BCUT2D eigenvalue weighted by Gasteiger charge is 2.37. The van der Waals surface area contributed by atoms with Gasteiger partial charge in [0.2, 0.25) is 0 Å². The fourth-order valence-electron chi connectivity index (χ4n) is 2.30. The highest BCUT2D eigenvalue weighted by atomic mass is 79.9. The molecule has 1 N–H and O–H groups in total. The number of carboxylic acid groups (broad SMARTS) is 1. The zero-order valence-electron chi connectivity index (χ0n) is 10.1. The van der Waals surface area contributed by atoms with E-state index in [0.29, 0.717) is 0 Å². The number of benzene rings is 1. The van der Waals surface area contributed by atoms with Crippen LogP contribution in [0.1, 0.15) is 18.1 Å². The van der Waals surface area contributed by atoms with Crippen LogP contribution >= 0.6 is 15.9 Å². The van der Waals surface area contributed by atoms with E-state index in [-0.39, 0.29) is 0 Å². The molecule has 2 atom stereocenters. The van der Waals surface area contributed by atoms with E-state index in [4.69, 9.17) is 0 Å². The maximum absolute atomic E-state index is 11.4. The third-order valence-corrected chi connectivity index (χ3v) is 4.15. The summed E-state index contributed by atoms with van der Waals surface area (Å²) in [7, 11) is 0. The van der Waals surface area contributed by atoms with E-state index < -0.39 is 17.3 Å². The van der Waals surface area contributed by atoms with Crippen molar-refractivity contribution < 1.29 is 9.90 Å². The zero-order valence-corrected chi connectivity index (χ0v) is 11.7. The van der Waals surface area contributed by atoms with Gasteiger partial charge in [-0.2, -0.15) is 0 Å². The fraction of sp³-hybridized carbons (Fsp3) is 0.267. The van der Waals surface area contributed by atoms with E-state index in [9.17, 15) is 9.90 Å². The standard InChI is InChI=1S/C15H15BrO2/c1-15(9-3-2-4-13(15)14(17)18)12-7-5-11(10-16)6-8-12/h2-9,13H,10H2,1H3,(H,17,18). The van der Waals surface area contributed by atoms with Crippen LogP contribution in [0, 0.1) is 5.92 Å². The van der Waals surface area contributed by atoms with E-state index in [0.717, 1.165) is 10.9 Å². The fourth-order valence-corrected chi connectivity index (χ4v) is 2.68. The lowest BCUT2D eigenvalue weighted by Crippen LogP contribution is -2.35. The van der Waals surface area contributed by atoms with Crippen LogP contribution in [0.4, 0.5) is 0 Å². The topological polar surface area (TPSA) is 37.3 Å². The summed E-state index contributed by atoms with van der Waals surface area (Å²) in [5.74, 6) is -1.31. The van der Waals surface area contributed by atoms with E-state index in [1.165, 1.54) is 5.56 Å². The molecular weight excluding hydrogens is 292 g/mol. The molecule has 1 aromatic carbocycles. The number of hydrogen-bond acceptors (Lipinski definition) is 1. The molecule has 0 bridgehead atoms. The molecule has 1 aromatic rings. The Hall–Kier alpha value is -1.35. The molecule has 0 radical (unpaired) electrons. The van der Waals surface area contributed by atoms with Gasteiger partial charge in [-0.05, 0) is 11.1 Å². The summed E-state index contributed by atoms with van der Waals surface area (Å²) in [6.45, 7) is 1.97. The molecule has 0 spiro atoms. The van der Waals surface area contributed by atoms with Crippen molar-refractivity contribution in [1.82, 2.24) is 0 Å².